The zero-order chi connectivity index (χ0) is 19.6. The van der Waals surface area contributed by atoms with Crippen LogP contribution < -0.4 is 20.9 Å². The first-order chi connectivity index (χ1) is 12.9. The lowest BCUT2D eigenvalue weighted by Gasteiger charge is -2.34. The highest BCUT2D eigenvalue weighted by Crippen LogP contribution is 2.31. The van der Waals surface area contributed by atoms with Gasteiger partial charge < -0.3 is 20.9 Å². The number of urea groups is 1. The van der Waals surface area contributed by atoms with Crippen LogP contribution in [0.3, 0.4) is 0 Å². The summed E-state index contributed by atoms with van der Waals surface area (Å²) in [7, 11) is 3.85. The van der Waals surface area contributed by atoms with Crippen molar-refractivity contribution in [3.05, 3.63) is 72.2 Å². The fourth-order valence-corrected chi connectivity index (χ4v) is 3.02. The molecule has 3 amide bonds. The summed E-state index contributed by atoms with van der Waals surface area (Å²) in [6.07, 6.45) is 0. The summed E-state index contributed by atoms with van der Waals surface area (Å²) < 4.78 is 13.9. The Morgan fingerprint density at radius 3 is 2.44 bits per heavy atom. The van der Waals surface area contributed by atoms with E-state index in [9.17, 15) is 14.0 Å². The summed E-state index contributed by atoms with van der Waals surface area (Å²) >= 11 is 0. The van der Waals surface area contributed by atoms with Gasteiger partial charge in [0.15, 0.2) is 0 Å². The van der Waals surface area contributed by atoms with Crippen LogP contribution in [0.4, 0.5) is 20.6 Å². The van der Waals surface area contributed by atoms with E-state index in [0.717, 1.165) is 11.3 Å². The van der Waals surface area contributed by atoms with E-state index in [1.54, 1.807) is 12.1 Å². The maximum Gasteiger partial charge on any atom is 0.319 e. The molecule has 0 radical (unpaired) electrons. The number of anilines is 2. The van der Waals surface area contributed by atoms with E-state index < -0.39 is 29.7 Å². The van der Waals surface area contributed by atoms with Crippen molar-refractivity contribution < 1.29 is 14.0 Å². The quantitative estimate of drug-likeness (QED) is 0.777. The highest BCUT2D eigenvalue weighted by atomic mass is 19.1. The number of hydrogen-bond donors (Lipinski definition) is 3. The number of nitrogens with zero attached hydrogens (tertiary/aromatic N) is 1. The molecule has 0 aromatic heterocycles. The van der Waals surface area contributed by atoms with Crippen LogP contribution in [0.2, 0.25) is 0 Å². The number of amides is 3. The van der Waals surface area contributed by atoms with Crippen molar-refractivity contribution in [2.75, 3.05) is 24.3 Å². The predicted octanol–water partition coefficient (Wildman–Crippen LogP) is 3.01. The Balaban J connectivity index is 1.89. The average molecular weight is 368 g/mol. The largest absolute Gasteiger partial charge is 0.378 e. The molecule has 2 aromatic rings. The third-order valence-corrected chi connectivity index (χ3v) is 4.45. The minimum atomic E-state index is -0.799. The molecule has 0 aliphatic carbocycles. The van der Waals surface area contributed by atoms with E-state index in [0.29, 0.717) is 0 Å². The third-order valence-electron chi connectivity index (χ3n) is 4.45. The van der Waals surface area contributed by atoms with Crippen molar-refractivity contribution in [2.45, 2.75) is 6.04 Å². The maximum absolute atomic E-state index is 13.9. The van der Waals surface area contributed by atoms with Gasteiger partial charge in [-0.1, -0.05) is 30.8 Å². The Morgan fingerprint density at radius 2 is 1.81 bits per heavy atom. The van der Waals surface area contributed by atoms with Gasteiger partial charge in [0.25, 0.3) is 0 Å². The van der Waals surface area contributed by atoms with Crippen LogP contribution >= 0.6 is 0 Å². The standard InChI is InChI=1S/C20H21FN4O2/c1-12-17(19(26)23-16-7-5-4-6-15(16)21)18(24-20(27)22-12)13-8-10-14(11-9-13)25(2)3/h4-11,17-18H,1H2,2-3H3,(H,23,26)(H2,22,24,27)/t17-,18+/m1/s1. The molecule has 3 rings (SSSR count). The summed E-state index contributed by atoms with van der Waals surface area (Å²) in [6, 6.07) is 12.4. The second kappa shape index (κ2) is 7.49. The SMILES string of the molecule is C=C1NC(=O)N[C@@H](c2ccc(N(C)C)cc2)[C@@H]1C(=O)Nc1ccccc1F. The zero-order valence-electron chi connectivity index (χ0n) is 15.1. The first kappa shape index (κ1) is 18.4. The van der Waals surface area contributed by atoms with E-state index >= 15 is 0 Å². The van der Waals surface area contributed by atoms with Gasteiger partial charge in [0.05, 0.1) is 11.7 Å². The molecular formula is C20H21FN4O2. The Kier molecular flexibility index (Phi) is 5.12. The molecule has 1 aliphatic heterocycles. The van der Waals surface area contributed by atoms with Gasteiger partial charge in [0, 0.05) is 25.5 Å². The number of rotatable bonds is 4. The van der Waals surface area contributed by atoms with Gasteiger partial charge in [-0.3, -0.25) is 4.79 Å². The lowest BCUT2D eigenvalue weighted by atomic mass is 9.88. The Morgan fingerprint density at radius 1 is 1.15 bits per heavy atom. The predicted molar refractivity (Wildman–Crippen MR) is 103 cm³/mol. The molecule has 0 unspecified atom stereocenters. The van der Waals surface area contributed by atoms with E-state index in [-0.39, 0.29) is 11.4 Å². The van der Waals surface area contributed by atoms with Crippen LogP contribution in [0.5, 0.6) is 0 Å². The molecule has 1 fully saturated rings. The summed E-state index contributed by atoms with van der Waals surface area (Å²) in [5.74, 6) is -1.79. The summed E-state index contributed by atoms with van der Waals surface area (Å²) in [4.78, 5) is 26.7. The molecule has 1 saturated heterocycles. The van der Waals surface area contributed by atoms with Crippen molar-refractivity contribution in [1.82, 2.24) is 10.6 Å². The fraction of sp³-hybridized carbons (Fsp3) is 0.200. The topological polar surface area (TPSA) is 73.5 Å². The molecule has 0 spiro atoms. The molecule has 0 saturated carbocycles. The van der Waals surface area contributed by atoms with Crippen LogP contribution in [-0.4, -0.2) is 26.0 Å². The lowest BCUT2D eigenvalue weighted by molar-refractivity contribution is -0.119. The minimum absolute atomic E-state index is 0.0777. The zero-order valence-corrected chi connectivity index (χ0v) is 15.1. The number of carbonyl (C=O) groups is 2. The summed E-state index contributed by atoms with van der Waals surface area (Å²) in [5, 5.41) is 7.88. The van der Waals surface area contributed by atoms with Crippen molar-refractivity contribution in [1.29, 1.82) is 0 Å². The number of benzene rings is 2. The van der Waals surface area contributed by atoms with E-state index in [2.05, 4.69) is 22.5 Å². The van der Waals surface area contributed by atoms with Gasteiger partial charge in [0.1, 0.15) is 11.7 Å². The van der Waals surface area contributed by atoms with Crippen molar-refractivity contribution in [3.8, 4) is 0 Å². The molecule has 1 aliphatic rings. The highest BCUT2D eigenvalue weighted by Gasteiger charge is 2.38. The molecule has 27 heavy (non-hydrogen) atoms. The maximum atomic E-state index is 13.9. The number of para-hydroxylation sites is 1. The smallest absolute Gasteiger partial charge is 0.319 e. The van der Waals surface area contributed by atoms with Crippen LogP contribution in [0.15, 0.2) is 60.8 Å². The van der Waals surface area contributed by atoms with Gasteiger partial charge in [-0.25, -0.2) is 9.18 Å². The third kappa shape index (κ3) is 3.92. The molecule has 3 N–H and O–H groups in total. The number of nitrogens with one attached hydrogen (secondary N) is 3. The molecule has 1 heterocycles. The van der Waals surface area contributed by atoms with Gasteiger partial charge in [-0.15, -0.1) is 0 Å². The molecule has 6 nitrogen and oxygen atoms in total. The van der Waals surface area contributed by atoms with E-state index in [4.69, 9.17) is 0 Å². The van der Waals surface area contributed by atoms with Gasteiger partial charge in [-0.2, -0.15) is 0 Å². The molecular weight excluding hydrogens is 347 g/mol. The van der Waals surface area contributed by atoms with Crippen molar-refractivity contribution in [3.63, 3.8) is 0 Å². The highest BCUT2D eigenvalue weighted by molar-refractivity contribution is 5.97. The number of hydrogen-bond acceptors (Lipinski definition) is 3. The molecule has 140 valence electrons. The molecule has 2 aromatic carbocycles. The van der Waals surface area contributed by atoms with Crippen molar-refractivity contribution in [2.24, 2.45) is 5.92 Å². The van der Waals surface area contributed by atoms with Gasteiger partial charge >= 0.3 is 6.03 Å². The number of halogens is 1. The summed E-state index contributed by atoms with van der Waals surface area (Å²) in [6.45, 7) is 3.82. The van der Waals surface area contributed by atoms with Crippen LogP contribution in [0.1, 0.15) is 11.6 Å². The van der Waals surface area contributed by atoms with E-state index in [1.165, 1.54) is 12.1 Å². The summed E-state index contributed by atoms with van der Waals surface area (Å²) in [5.41, 5.74) is 2.08. The van der Waals surface area contributed by atoms with Crippen LogP contribution in [-0.2, 0) is 4.79 Å². The van der Waals surface area contributed by atoms with Crippen LogP contribution in [0.25, 0.3) is 0 Å². The lowest BCUT2D eigenvalue weighted by Crippen LogP contribution is -2.51. The molecule has 7 heteroatoms. The molecule has 0 bridgehead atoms. The minimum Gasteiger partial charge on any atom is -0.378 e. The Hall–Kier alpha value is -3.35. The average Bonchev–Trinajstić information content (AvgIpc) is 2.63. The fourth-order valence-electron chi connectivity index (χ4n) is 3.02. The van der Waals surface area contributed by atoms with Crippen molar-refractivity contribution >= 4 is 23.3 Å². The Labute approximate surface area is 157 Å². The number of carbonyl (C=O) groups excluding carboxylic acids is 2. The second-order valence-corrected chi connectivity index (χ2v) is 6.53. The van der Waals surface area contributed by atoms with Crippen LogP contribution in [0, 0.1) is 11.7 Å². The first-order valence-electron chi connectivity index (χ1n) is 8.46. The normalized spacial score (nSPS) is 19.1. The van der Waals surface area contributed by atoms with Gasteiger partial charge in [-0.05, 0) is 29.8 Å². The second-order valence-electron chi connectivity index (χ2n) is 6.53. The molecule has 2 atom stereocenters. The monoisotopic (exact) mass is 368 g/mol. The Bertz CT molecular complexity index is 880. The van der Waals surface area contributed by atoms with E-state index in [1.807, 2.05) is 43.3 Å². The van der Waals surface area contributed by atoms with Gasteiger partial charge in [0.2, 0.25) is 5.91 Å². The first-order valence-corrected chi connectivity index (χ1v) is 8.46.